The molecular formula is C15H19F3N2O. The monoisotopic (exact) mass is 300 g/mol. The van der Waals surface area contributed by atoms with Crippen molar-refractivity contribution >= 4 is 5.91 Å². The lowest BCUT2D eigenvalue weighted by molar-refractivity contribution is -0.138. The van der Waals surface area contributed by atoms with Crippen molar-refractivity contribution in [1.82, 2.24) is 9.47 Å². The SMILES string of the molecule is Cn1cc(C(=O)N2CCC[C@@H]3CCC[C@@H]32)c(C(F)(F)F)c1. The predicted octanol–water partition coefficient (Wildman–Crippen LogP) is 3.45. The van der Waals surface area contributed by atoms with Crippen LogP contribution in [0.2, 0.25) is 0 Å². The van der Waals surface area contributed by atoms with Crippen LogP contribution in [-0.4, -0.2) is 28.0 Å². The minimum atomic E-state index is -4.49. The van der Waals surface area contributed by atoms with Crippen molar-refractivity contribution in [2.45, 2.75) is 44.3 Å². The van der Waals surface area contributed by atoms with Crippen LogP contribution in [0.15, 0.2) is 12.4 Å². The quantitative estimate of drug-likeness (QED) is 0.780. The summed E-state index contributed by atoms with van der Waals surface area (Å²) < 4.78 is 40.5. The van der Waals surface area contributed by atoms with Crippen LogP contribution in [0, 0.1) is 5.92 Å². The third kappa shape index (κ3) is 2.56. The fourth-order valence-corrected chi connectivity index (χ4v) is 3.84. The molecule has 21 heavy (non-hydrogen) atoms. The fourth-order valence-electron chi connectivity index (χ4n) is 3.84. The van der Waals surface area contributed by atoms with Gasteiger partial charge in [-0.1, -0.05) is 6.42 Å². The predicted molar refractivity (Wildman–Crippen MR) is 71.8 cm³/mol. The summed E-state index contributed by atoms with van der Waals surface area (Å²) in [4.78, 5) is 14.3. The molecule has 1 aliphatic heterocycles. The van der Waals surface area contributed by atoms with Gasteiger partial charge in [0.1, 0.15) is 0 Å². The molecule has 3 nitrogen and oxygen atoms in total. The number of hydrogen-bond donors (Lipinski definition) is 0. The molecule has 0 radical (unpaired) electrons. The zero-order valence-electron chi connectivity index (χ0n) is 12.0. The van der Waals surface area contributed by atoms with Gasteiger partial charge in [0.2, 0.25) is 0 Å². The normalized spacial score (nSPS) is 26.0. The van der Waals surface area contributed by atoms with Crippen LogP contribution in [0.25, 0.3) is 0 Å². The summed E-state index contributed by atoms with van der Waals surface area (Å²) in [5.74, 6) is 0.0141. The van der Waals surface area contributed by atoms with E-state index in [4.69, 9.17) is 0 Å². The number of aryl methyl sites for hydroxylation is 1. The highest BCUT2D eigenvalue weighted by molar-refractivity contribution is 5.96. The number of aromatic nitrogens is 1. The minimum absolute atomic E-state index is 0.132. The Morgan fingerprint density at radius 2 is 1.90 bits per heavy atom. The van der Waals surface area contributed by atoms with E-state index in [1.54, 1.807) is 4.90 Å². The lowest BCUT2D eigenvalue weighted by atomic mass is 9.91. The molecule has 1 aromatic heterocycles. The summed E-state index contributed by atoms with van der Waals surface area (Å²) in [6.07, 6.45) is 2.86. The van der Waals surface area contributed by atoms with Crippen LogP contribution >= 0.6 is 0 Å². The van der Waals surface area contributed by atoms with Crippen molar-refractivity contribution in [3.63, 3.8) is 0 Å². The molecule has 1 saturated carbocycles. The van der Waals surface area contributed by atoms with Gasteiger partial charge in [0.15, 0.2) is 0 Å². The van der Waals surface area contributed by atoms with E-state index in [0.717, 1.165) is 38.3 Å². The van der Waals surface area contributed by atoms with Gasteiger partial charge in [-0.2, -0.15) is 13.2 Å². The summed E-state index contributed by atoms with van der Waals surface area (Å²) in [5.41, 5.74) is -1.03. The van der Waals surface area contributed by atoms with E-state index < -0.39 is 17.6 Å². The minimum Gasteiger partial charge on any atom is -0.356 e. The Kier molecular flexibility index (Phi) is 3.50. The maximum absolute atomic E-state index is 13.1. The molecule has 1 saturated heterocycles. The highest BCUT2D eigenvalue weighted by atomic mass is 19.4. The number of likely N-dealkylation sites (tertiary alicyclic amines) is 1. The number of carbonyl (C=O) groups is 1. The number of halogens is 3. The van der Waals surface area contributed by atoms with Crippen LogP contribution in [-0.2, 0) is 13.2 Å². The van der Waals surface area contributed by atoms with E-state index in [0.29, 0.717) is 12.5 Å². The first-order chi connectivity index (χ1) is 9.88. The van der Waals surface area contributed by atoms with Gasteiger partial charge in [0, 0.05) is 32.0 Å². The molecule has 2 atom stereocenters. The first kappa shape index (κ1) is 14.5. The summed E-state index contributed by atoms with van der Waals surface area (Å²) in [7, 11) is 1.51. The van der Waals surface area contributed by atoms with Crippen LogP contribution in [0.3, 0.4) is 0 Å². The summed E-state index contributed by atoms with van der Waals surface area (Å²) >= 11 is 0. The number of carbonyl (C=O) groups excluding carboxylic acids is 1. The van der Waals surface area contributed by atoms with Gasteiger partial charge in [-0.25, -0.2) is 0 Å². The molecule has 0 N–H and O–H groups in total. The number of hydrogen-bond acceptors (Lipinski definition) is 1. The molecule has 0 aromatic carbocycles. The summed E-state index contributed by atoms with van der Waals surface area (Å²) in [5, 5.41) is 0. The Hall–Kier alpha value is -1.46. The van der Waals surface area contributed by atoms with Gasteiger partial charge < -0.3 is 9.47 Å². The number of fused-ring (bicyclic) bond motifs is 1. The lowest BCUT2D eigenvalue weighted by Crippen LogP contribution is -2.46. The first-order valence-electron chi connectivity index (χ1n) is 7.42. The van der Waals surface area contributed by atoms with Gasteiger partial charge >= 0.3 is 6.18 Å². The Balaban J connectivity index is 1.91. The second-order valence-electron chi connectivity index (χ2n) is 6.15. The maximum atomic E-state index is 13.1. The average molecular weight is 300 g/mol. The van der Waals surface area contributed by atoms with Crippen LogP contribution < -0.4 is 0 Å². The molecule has 0 spiro atoms. The standard InChI is InChI=1S/C15H19F3N2O/c1-19-8-11(12(9-19)15(16,17)18)14(21)20-7-3-5-10-4-2-6-13(10)20/h8-10,13H,2-7H2,1H3/t10-,13-/m0/s1. The molecule has 1 amide bonds. The van der Waals surface area contributed by atoms with Crippen molar-refractivity contribution in [2.75, 3.05) is 6.54 Å². The number of alkyl halides is 3. The molecule has 2 fully saturated rings. The second kappa shape index (κ2) is 5.07. The van der Waals surface area contributed by atoms with Gasteiger partial charge in [-0.3, -0.25) is 4.79 Å². The summed E-state index contributed by atoms with van der Waals surface area (Å²) in [6, 6.07) is 0.132. The van der Waals surface area contributed by atoms with E-state index in [9.17, 15) is 18.0 Å². The molecule has 0 bridgehead atoms. The average Bonchev–Trinajstić information content (AvgIpc) is 3.02. The molecule has 2 aliphatic rings. The largest absolute Gasteiger partial charge is 0.418 e. The molecule has 3 rings (SSSR count). The van der Waals surface area contributed by atoms with E-state index in [1.807, 2.05) is 0 Å². The van der Waals surface area contributed by atoms with Crippen LogP contribution in [0.1, 0.15) is 48.0 Å². The van der Waals surface area contributed by atoms with E-state index in [1.165, 1.54) is 17.8 Å². The smallest absolute Gasteiger partial charge is 0.356 e. The van der Waals surface area contributed by atoms with Crippen molar-refractivity contribution in [3.8, 4) is 0 Å². The van der Waals surface area contributed by atoms with Gasteiger partial charge in [0.25, 0.3) is 5.91 Å². The van der Waals surface area contributed by atoms with Gasteiger partial charge in [0.05, 0.1) is 11.1 Å². The molecule has 2 heterocycles. The third-order valence-corrected chi connectivity index (χ3v) is 4.75. The maximum Gasteiger partial charge on any atom is 0.418 e. The van der Waals surface area contributed by atoms with E-state index >= 15 is 0 Å². The van der Waals surface area contributed by atoms with E-state index in [-0.39, 0.29) is 11.6 Å². The molecule has 1 aromatic rings. The Morgan fingerprint density at radius 1 is 1.19 bits per heavy atom. The molecular weight excluding hydrogens is 281 g/mol. The topological polar surface area (TPSA) is 25.2 Å². The van der Waals surface area contributed by atoms with Crippen molar-refractivity contribution < 1.29 is 18.0 Å². The van der Waals surface area contributed by atoms with Crippen molar-refractivity contribution in [3.05, 3.63) is 23.5 Å². The summed E-state index contributed by atoms with van der Waals surface area (Å²) in [6.45, 7) is 0.576. The fraction of sp³-hybridized carbons (Fsp3) is 0.667. The lowest BCUT2D eigenvalue weighted by Gasteiger charge is -2.37. The van der Waals surface area contributed by atoms with Crippen molar-refractivity contribution in [1.29, 1.82) is 0 Å². The Morgan fingerprint density at radius 3 is 2.62 bits per heavy atom. The number of amides is 1. The molecule has 0 unspecified atom stereocenters. The van der Waals surface area contributed by atoms with E-state index in [2.05, 4.69) is 0 Å². The molecule has 116 valence electrons. The number of rotatable bonds is 1. The molecule has 1 aliphatic carbocycles. The zero-order valence-corrected chi connectivity index (χ0v) is 12.0. The number of nitrogens with zero attached hydrogens (tertiary/aromatic N) is 2. The Labute approximate surface area is 121 Å². The van der Waals surface area contributed by atoms with Gasteiger partial charge in [-0.15, -0.1) is 0 Å². The van der Waals surface area contributed by atoms with Crippen LogP contribution in [0.5, 0.6) is 0 Å². The van der Waals surface area contributed by atoms with Crippen LogP contribution in [0.4, 0.5) is 13.2 Å². The first-order valence-corrected chi connectivity index (χ1v) is 7.42. The highest BCUT2D eigenvalue weighted by Crippen LogP contribution is 2.39. The highest BCUT2D eigenvalue weighted by Gasteiger charge is 2.42. The van der Waals surface area contributed by atoms with Gasteiger partial charge in [-0.05, 0) is 31.6 Å². The van der Waals surface area contributed by atoms with Crippen molar-refractivity contribution in [2.24, 2.45) is 13.0 Å². The number of piperidine rings is 1. The third-order valence-electron chi connectivity index (χ3n) is 4.75. The Bertz CT molecular complexity index is 550. The zero-order chi connectivity index (χ0) is 15.2. The molecule has 6 heteroatoms. The second-order valence-corrected chi connectivity index (χ2v) is 6.15.